The van der Waals surface area contributed by atoms with E-state index >= 15 is 0 Å². The molecule has 0 heterocycles. The molecule has 1 aromatic rings. The molecule has 0 radical (unpaired) electrons. The zero-order valence-electron chi connectivity index (χ0n) is 12.5. The molecule has 20 heavy (non-hydrogen) atoms. The number of rotatable bonds is 6. The molecule has 4 nitrogen and oxygen atoms in total. The number of hydrogen-bond acceptors (Lipinski definition) is 3. The number of hydrogen-bond donors (Lipinski definition) is 1. The van der Waals surface area contributed by atoms with Crippen LogP contribution in [-0.2, 0) is 9.53 Å². The highest BCUT2D eigenvalue weighted by molar-refractivity contribution is 5.86. The molecule has 110 valence electrons. The van der Waals surface area contributed by atoms with Gasteiger partial charge in [-0.05, 0) is 39.3 Å². The first kappa shape index (κ1) is 16.2. The number of carboxylic acid groups (broad SMARTS) is 1. The summed E-state index contributed by atoms with van der Waals surface area (Å²) in [5, 5.41) is 8.69. The number of carbonyl (C=O) groups is 1. The number of para-hydroxylation sites is 1. The predicted octanol–water partition coefficient (Wildman–Crippen LogP) is 3.29. The molecule has 1 aromatic carbocycles. The summed E-state index contributed by atoms with van der Waals surface area (Å²) in [7, 11) is 0. The first-order valence-corrected chi connectivity index (χ1v) is 6.57. The zero-order chi connectivity index (χ0) is 15.2. The molecular weight excluding hydrogens is 256 g/mol. The molecule has 0 fully saturated rings. The van der Waals surface area contributed by atoms with E-state index in [9.17, 15) is 4.79 Å². The molecule has 1 rings (SSSR count). The second-order valence-electron chi connectivity index (χ2n) is 5.47. The maximum Gasteiger partial charge on any atom is 0.328 e. The molecule has 0 saturated carbocycles. The minimum Gasteiger partial charge on any atom is -0.490 e. The van der Waals surface area contributed by atoms with Crippen LogP contribution in [-0.4, -0.2) is 29.9 Å². The molecule has 0 bridgehead atoms. The van der Waals surface area contributed by atoms with Crippen LogP contribution in [0.2, 0.25) is 0 Å². The molecule has 0 amide bonds. The Labute approximate surface area is 120 Å². The lowest BCUT2D eigenvalue weighted by atomic mass is 10.1. The Balaban J connectivity index is 2.71. The number of aliphatic carboxylic acids is 1. The zero-order valence-corrected chi connectivity index (χ0v) is 12.5. The van der Waals surface area contributed by atoms with Crippen molar-refractivity contribution in [2.75, 3.05) is 13.2 Å². The van der Waals surface area contributed by atoms with Crippen molar-refractivity contribution in [3.8, 4) is 5.75 Å². The van der Waals surface area contributed by atoms with Crippen LogP contribution in [0.4, 0.5) is 0 Å². The topological polar surface area (TPSA) is 55.8 Å². The van der Waals surface area contributed by atoms with Gasteiger partial charge in [0, 0.05) is 11.6 Å². The van der Waals surface area contributed by atoms with Crippen LogP contribution >= 0.6 is 0 Å². The van der Waals surface area contributed by atoms with Gasteiger partial charge in [0.05, 0.1) is 12.2 Å². The molecule has 0 aliphatic heterocycles. The largest absolute Gasteiger partial charge is 0.490 e. The standard InChI is InChI=1S/C16H22O4/c1-12-6-5-7-13(8-9-14(17)18)15(12)19-10-11-20-16(2,3)4/h5-9H,10-11H2,1-4H3,(H,17,18)/b9-8+. The molecular formula is C16H22O4. The van der Waals surface area contributed by atoms with E-state index in [2.05, 4.69) is 0 Å². The maximum atomic E-state index is 10.6. The lowest BCUT2D eigenvalue weighted by Crippen LogP contribution is -2.22. The van der Waals surface area contributed by atoms with Crippen molar-refractivity contribution in [1.82, 2.24) is 0 Å². The molecule has 0 aliphatic rings. The summed E-state index contributed by atoms with van der Waals surface area (Å²) in [5.41, 5.74) is 1.53. The molecule has 0 aliphatic carbocycles. The third kappa shape index (κ3) is 5.89. The summed E-state index contributed by atoms with van der Waals surface area (Å²) in [4.78, 5) is 10.6. The minimum absolute atomic E-state index is 0.193. The summed E-state index contributed by atoms with van der Waals surface area (Å²) in [6.07, 6.45) is 2.64. The van der Waals surface area contributed by atoms with Gasteiger partial charge in [-0.3, -0.25) is 0 Å². The second kappa shape index (κ2) is 7.10. The Kier molecular flexibility index (Phi) is 5.77. The van der Waals surface area contributed by atoms with E-state index in [1.807, 2.05) is 45.9 Å². The number of carboxylic acids is 1. The average molecular weight is 278 g/mol. The lowest BCUT2D eigenvalue weighted by Gasteiger charge is -2.20. The van der Waals surface area contributed by atoms with E-state index in [0.29, 0.717) is 19.0 Å². The minimum atomic E-state index is -0.978. The third-order valence-corrected chi connectivity index (χ3v) is 2.51. The smallest absolute Gasteiger partial charge is 0.328 e. The predicted molar refractivity (Wildman–Crippen MR) is 79.0 cm³/mol. The summed E-state index contributed by atoms with van der Waals surface area (Å²) in [6.45, 7) is 8.80. The van der Waals surface area contributed by atoms with Gasteiger partial charge in [0.25, 0.3) is 0 Å². The summed E-state index contributed by atoms with van der Waals surface area (Å²) >= 11 is 0. The summed E-state index contributed by atoms with van der Waals surface area (Å²) < 4.78 is 11.3. The van der Waals surface area contributed by atoms with Gasteiger partial charge in [-0.2, -0.15) is 0 Å². The van der Waals surface area contributed by atoms with E-state index in [4.69, 9.17) is 14.6 Å². The molecule has 1 N–H and O–H groups in total. The highest BCUT2D eigenvalue weighted by Gasteiger charge is 2.10. The van der Waals surface area contributed by atoms with Crippen molar-refractivity contribution in [2.24, 2.45) is 0 Å². The fraction of sp³-hybridized carbons (Fsp3) is 0.438. The van der Waals surface area contributed by atoms with Gasteiger partial charge < -0.3 is 14.6 Å². The Hall–Kier alpha value is -1.81. The maximum absolute atomic E-state index is 10.6. The number of benzene rings is 1. The molecule has 0 unspecified atom stereocenters. The first-order chi connectivity index (χ1) is 9.29. The normalized spacial score (nSPS) is 11.8. The monoisotopic (exact) mass is 278 g/mol. The Morgan fingerprint density at radius 2 is 2.00 bits per heavy atom. The van der Waals surface area contributed by atoms with E-state index in [-0.39, 0.29) is 5.60 Å². The van der Waals surface area contributed by atoms with E-state index in [0.717, 1.165) is 17.2 Å². The summed E-state index contributed by atoms with van der Waals surface area (Å²) in [5.74, 6) is -0.281. The number of ether oxygens (including phenoxy) is 2. The van der Waals surface area contributed by atoms with Crippen LogP contribution in [0, 0.1) is 6.92 Å². The van der Waals surface area contributed by atoms with Crippen molar-refractivity contribution in [1.29, 1.82) is 0 Å². The fourth-order valence-corrected chi connectivity index (χ4v) is 1.66. The van der Waals surface area contributed by atoms with E-state index in [1.165, 1.54) is 6.08 Å². The van der Waals surface area contributed by atoms with Crippen molar-refractivity contribution >= 4 is 12.0 Å². The quantitative estimate of drug-likeness (QED) is 0.641. The highest BCUT2D eigenvalue weighted by Crippen LogP contribution is 2.24. The van der Waals surface area contributed by atoms with Crippen molar-refractivity contribution in [3.63, 3.8) is 0 Å². The van der Waals surface area contributed by atoms with Gasteiger partial charge in [-0.15, -0.1) is 0 Å². The van der Waals surface area contributed by atoms with Crippen LogP contribution in [0.1, 0.15) is 31.9 Å². The molecule has 0 aromatic heterocycles. The molecule has 4 heteroatoms. The van der Waals surface area contributed by atoms with E-state index in [1.54, 1.807) is 0 Å². The molecule has 0 atom stereocenters. The van der Waals surface area contributed by atoms with Crippen LogP contribution in [0.3, 0.4) is 0 Å². The molecule has 0 spiro atoms. The van der Waals surface area contributed by atoms with Gasteiger partial charge in [0.15, 0.2) is 0 Å². The van der Waals surface area contributed by atoms with Crippen molar-refractivity contribution < 1.29 is 19.4 Å². The van der Waals surface area contributed by atoms with Crippen LogP contribution in [0.25, 0.3) is 6.08 Å². The second-order valence-corrected chi connectivity index (χ2v) is 5.47. The number of aryl methyl sites for hydroxylation is 1. The Morgan fingerprint density at radius 3 is 2.60 bits per heavy atom. The Morgan fingerprint density at radius 1 is 1.30 bits per heavy atom. The van der Waals surface area contributed by atoms with Gasteiger partial charge in [-0.1, -0.05) is 18.2 Å². The molecule has 0 saturated heterocycles. The lowest BCUT2D eigenvalue weighted by molar-refractivity contribution is -0.131. The van der Waals surface area contributed by atoms with Crippen LogP contribution < -0.4 is 4.74 Å². The van der Waals surface area contributed by atoms with Gasteiger partial charge in [-0.25, -0.2) is 4.79 Å². The Bertz CT molecular complexity index is 484. The van der Waals surface area contributed by atoms with E-state index < -0.39 is 5.97 Å². The van der Waals surface area contributed by atoms with Gasteiger partial charge in [0.2, 0.25) is 0 Å². The van der Waals surface area contributed by atoms with Gasteiger partial charge >= 0.3 is 5.97 Å². The third-order valence-electron chi connectivity index (χ3n) is 2.51. The average Bonchev–Trinajstić information content (AvgIpc) is 2.32. The summed E-state index contributed by atoms with van der Waals surface area (Å²) in [6, 6.07) is 5.62. The van der Waals surface area contributed by atoms with Crippen LogP contribution in [0.15, 0.2) is 24.3 Å². The highest BCUT2D eigenvalue weighted by atomic mass is 16.5. The van der Waals surface area contributed by atoms with Crippen LogP contribution in [0.5, 0.6) is 5.75 Å². The van der Waals surface area contributed by atoms with Crippen molar-refractivity contribution in [3.05, 3.63) is 35.4 Å². The van der Waals surface area contributed by atoms with Gasteiger partial charge in [0.1, 0.15) is 12.4 Å². The van der Waals surface area contributed by atoms with Crippen molar-refractivity contribution in [2.45, 2.75) is 33.3 Å². The SMILES string of the molecule is Cc1cccc(/C=C/C(=O)O)c1OCCOC(C)(C)C. The fourth-order valence-electron chi connectivity index (χ4n) is 1.66. The first-order valence-electron chi connectivity index (χ1n) is 6.57.